The highest BCUT2D eigenvalue weighted by atomic mass is 35.5. The number of hydrogen-bond acceptors (Lipinski definition) is 4. The van der Waals surface area contributed by atoms with Gasteiger partial charge < -0.3 is 15.3 Å². The smallest absolute Gasteiger partial charge is 0.219 e. The Labute approximate surface area is 165 Å². The van der Waals surface area contributed by atoms with E-state index in [1.54, 1.807) is 13.0 Å². The molecule has 1 aromatic rings. The highest BCUT2D eigenvalue weighted by Gasteiger charge is 2.32. The second-order valence-electron chi connectivity index (χ2n) is 7.32. The van der Waals surface area contributed by atoms with Crippen LogP contribution in [0, 0.1) is 5.92 Å². The Bertz CT molecular complexity index is 642. The van der Waals surface area contributed by atoms with Crippen molar-refractivity contribution in [3.05, 3.63) is 27.7 Å². The van der Waals surface area contributed by atoms with Crippen molar-refractivity contribution < 1.29 is 9.90 Å². The summed E-state index contributed by atoms with van der Waals surface area (Å²) in [6.07, 6.45) is 5.44. The highest BCUT2D eigenvalue weighted by Crippen LogP contribution is 2.39. The number of phenolic OH excluding ortho intramolecular Hbond substituents is 1. The predicted molar refractivity (Wildman–Crippen MR) is 105 cm³/mol. The summed E-state index contributed by atoms with van der Waals surface area (Å²) >= 11 is 12.3. The number of nitrogens with zero attached hydrogens (tertiary/aromatic N) is 1. The number of likely N-dealkylation sites (tertiary alicyclic amines) is 1. The molecule has 2 fully saturated rings. The van der Waals surface area contributed by atoms with Gasteiger partial charge in [-0.05, 0) is 50.6 Å². The molecule has 1 aromatic carbocycles. The van der Waals surface area contributed by atoms with Gasteiger partial charge in [0.2, 0.25) is 5.91 Å². The SMILES string of the molecule is CC(=O)N1CCC(C(NC2CCCCN2)c2cc(Cl)c(Cl)cc2O)CC1. The predicted octanol–water partition coefficient (Wildman–Crippen LogP) is 3.69. The van der Waals surface area contributed by atoms with Gasteiger partial charge in [0.15, 0.2) is 0 Å². The fraction of sp³-hybridized carbons (Fsp3) is 0.632. The first-order chi connectivity index (χ1) is 12.5. The normalized spacial score (nSPS) is 23.0. The lowest BCUT2D eigenvalue weighted by Gasteiger charge is -2.39. The Morgan fingerprint density at radius 1 is 1.23 bits per heavy atom. The molecular formula is C19H27Cl2N3O2. The van der Waals surface area contributed by atoms with Crippen LogP contribution in [0.15, 0.2) is 12.1 Å². The molecule has 0 bridgehead atoms. The van der Waals surface area contributed by atoms with Crippen LogP contribution in [0.3, 0.4) is 0 Å². The number of nitrogens with one attached hydrogen (secondary N) is 2. The van der Waals surface area contributed by atoms with Crippen LogP contribution in [0.5, 0.6) is 5.75 Å². The van der Waals surface area contributed by atoms with Gasteiger partial charge in [0.05, 0.1) is 16.2 Å². The molecule has 0 radical (unpaired) electrons. The maximum atomic E-state index is 11.6. The molecular weight excluding hydrogens is 373 g/mol. The minimum absolute atomic E-state index is 0.0329. The van der Waals surface area contributed by atoms with Gasteiger partial charge in [0.1, 0.15) is 5.75 Å². The molecule has 3 rings (SSSR count). The van der Waals surface area contributed by atoms with Crippen molar-refractivity contribution in [3.63, 3.8) is 0 Å². The third kappa shape index (κ3) is 4.63. The average molecular weight is 400 g/mol. The number of carbonyl (C=O) groups excluding carboxylic acids is 1. The number of aromatic hydroxyl groups is 1. The molecule has 0 aliphatic carbocycles. The molecule has 2 atom stereocenters. The molecule has 0 saturated carbocycles. The summed E-state index contributed by atoms with van der Waals surface area (Å²) in [5, 5.41) is 18.5. The topological polar surface area (TPSA) is 64.6 Å². The molecule has 2 saturated heterocycles. The molecule has 0 aromatic heterocycles. The summed E-state index contributed by atoms with van der Waals surface area (Å²) < 4.78 is 0. The van der Waals surface area contributed by atoms with Gasteiger partial charge in [-0.2, -0.15) is 0 Å². The number of hydrogen-bond donors (Lipinski definition) is 3. The average Bonchev–Trinajstić information content (AvgIpc) is 2.64. The molecule has 2 heterocycles. The quantitative estimate of drug-likeness (QED) is 0.722. The Hall–Kier alpha value is -1.01. The van der Waals surface area contributed by atoms with E-state index in [0.29, 0.717) is 16.0 Å². The van der Waals surface area contributed by atoms with Crippen molar-refractivity contribution in [2.75, 3.05) is 19.6 Å². The molecule has 1 amide bonds. The van der Waals surface area contributed by atoms with Crippen LogP contribution in [0.1, 0.15) is 50.6 Å². The Morgan fingerprint density at radius 2 is 1.92 bits per heavy atom. The van der Waals surface area contributed by atoms with Gasteiger partial charge >= 0.3 is 0 Å². The second kappa shape index (κ2) is 8.79. The summed E-state index contributed by atoms with van der Waals surface area (Å²) in [6, 6.07) is 3.26. The summed E-state index contributed by atoms with van der Waals surface area (Å²) in [7, 11) is 0. The van der Waals surface area contributed by atoms with Gasteiger partial charge in [0, 0.05) is 37.7 Å². The summed E-state index contributed by atoms with van der Waals surface area (Å²) in [5.74, 6) is 0.610. The van der Waals surface area contributed by atoms with Crippen LogP contribution in [0.2, 0.25) is 10.0 Å². The molecule has 2 aliphatic rings. The zero-order valence-electron chi connectivity index (χ0n) is 15.1. The zero-order valence-corrected chi connectivity index (χ0v) is 16.6. The Morgan fingerprint density at radius 3 is 2.54 bits per heavy atom. The van der Waals surface area contributed by atoms with Crippen molar-refractivity contribution in [1.82, 2.24) is 15.5 Å². The standard InChI is InChI=1S/C19H27Cl2N3O2/c1-12(25)24-8-5-13(6-9-24)19(23-18-4-2-3-7-22-18)14-10-15(20)16(21)11-17(14)26/h10-11,13,18-19,22-23,26H,2-9H2,1H3. The van der Waals surface area contributed by atoms with Crippen molar-refractivity contribution in [2.24, 2.45) is 5.92 Å². The first-order valence-corrected chi connectivity index (χ1v) is 10.1. The third-order valence-corrected chi connectivity index (χ3v) is 6.27. The molecule has 0 spiro atoms. The molecule has 2 aliphatic heterocycles. The number of phenols is 1. The van der Waals surface area contributed by atoms with Gasteiger partial charge in [-0.25, -0.2) is 0 Å². The van der Waals surface area contributed by atoms with Crippen molar-refractivity contribution in [3.8, 4) is 5.75 Å². The summed E-state index contributed by atoms with van der Waals surface area (Å²) in [5.41, 5.74) is 0.785. The maximum absolute atomic E-state index is 11.6. The third-order valence-electron chi connectivity index (χ3n) is 5.55. The maximum Gasteiger partial charge on any atom is 0.219 e. The van der Waals surface area contributed by atoms with E-state index in [9.17, 15) is 9.90 Å². The number of amides is 1. The van der Waals surface area contributed by atoms with Crippen LogP contribution in [0.4, 0.5) is 0 Å². The Balaban J connectivity index is 1.82. The summed E-state index contributed by atoms with van der Waals surface area (Å²) in [6.45, 7) is 4.12. The fourth-order valence-electron chi connectivity index (χ4n) is 4.04. The largest absolute Gasteiger partial charge is 0.508 e. The van der Waals surface area contributed by atoms with Gasteiger partial charge in [-0.3, -0.25) is 10.1 Å². The van der Waals surface area contributed by atoms with E-state index in [2.05, 4.69) is 10.6 Å². The van der Waals surface area contributed by atoms with E-state index in [-0.39, 0.29) is 23.9 Å². The molecule has 26 heavy (non-hydrogen) atoms. The van der Waals surface area contributed by atoms with Crippen molar-refractivity contribution in [1.29, 1.82) is 0 Å². The van der Waals surface area contributed by atoms with E-state index in [0.717, 1.165) is 44.5 Å². The first-order valence-electron chi connectivity index (χ1n) is 9.38. The number of carbonyl (C=O) groups is 1. The summed E-state index contributed by atoms with van der Waals surface area (Å²) in [4.78, 5) is 13.5. The second-order valence-corrected chi connectivity index (χ2v) is 8.13. The van der Waals surface area contributed by atoms with Crippen LogP contribution >= 0.6 is 23.2 Å². The number of piperidine rings is 2. The van der Waals surface area contributed by atoms with Crippen LogP contribution in [-0.2, 0) is 4.79 Å². The number of halogens is 2. The number of rotatable bonds is 4. The van der Waals surface area contributed by atoms with Gasteiger partial charge in [-0.1, -0.05) is 23.2 Å². The lowest BCUT2D eigenvalue weighted by Crippen LogP contribution is -2.49. The van der Waals surface area contributed by atoms with Gasteiger partial charge in [-0.15, -0.1) is 0 Å². The highest BCUT2D eigenvalue weighted by molar-refractivity contribution is 6.42. The van der Waals surface area contributed by atoms with Crippen molar-refractivity contribution >= 4 is 29.1 Å². The minimum atomic E-state index is -0.0329. The molecule has 2 unspecified atom stereocenters. The van der Waals surface area contributed by atoms with Crippen LogP contribution < -0.4 is 10.6 Å². The van der Waals surface area contributed by atoms with Crippen molar-refractivity contribution in [2.45, 2.75) is 51.2 Å². The van der Waals surface area contributed by atoms with E-state index in [1.165, 1.54) is 18.9 Å². The molecule has 3 N–H and O–H groups in total. The van der Waals surface area contributed by atoms with E-state index >= 15 is 0 Å². The molecule has 144 valence electrons. The van der Waals surface area contributed by atoms with E-state index in [1.807, 2.05) is 4.90 Å². The molecule has 7 heteroatoms. The minimum Gasteiger partial charge on any atom is -0.508 e. The fourth-order valence-corrected chi connectivity index (χ4v) is 4.37. The number of benzene rings is 1. The van der Waals surface area contributed by atoms with E-state index in [4.69, 9.17) is 23.2 Å². The Kier molecular flexibility index (Phi) is 6.67. The monoisotopic (exact) mass is 399 g/mol. The van der Waals surface area contributed by atoms with Crippen LogP contribution in [0.25, 0.3) is 0 Å². The lowest BCUT2D eigenvalue weighted by molar-refractivity contribution is -0.130. The first kappa shape index (κ1) is 19.7. The van der Waals surface area contributed by atoms with Gasteiger partial charge in [0.25, 0.3) is 0 Å². The zero-order chi connectivity index (χ0) is 18.7. The van der Waals surface area contributed by atoms with Crippen LogP contribution in [-0.4, -0.2) is 41.7 Å². The van der Waals surface area contributed by atoms with E-state index < -0.39 is 0 Å². The molecule has 5 nitrogen and oxygen atoms in total. The lowest BCUT2D eigenvalue weighted by atomic mass is 9.84.